The van der Waals surface area contributed by atoms with Gasteiger partial charge < -0.3 is 20.3 Å². The maximum absolute atomic E-state index is 12.5. The third kappa shape index (κ3) is 52.8. The molecule has 0 radical (unpaired) electrons. The van der Waals surface area contributed by atoms with E-state index in [4.69, 9.17) is 4.74 Å². The Kier molecular flexibility index (Phi) is 54.1. The van der Waals surface area contributed by atoms with Crippen LogP contribution < -0.4 is 5.32 Å². The Balaban J connectivity index is 3.56. The molecular weight excluding hydrogens is 827 g/mol. The van der Waals surface area contributed by atoms with Crippen molar-refractivity contribution in [2.45, 2.75) is 302 Å². The van der Waals surface area contributed by atoms with Crippen molar-refractivity contribution in [1.29, 1.82) is 0 Å². The number of carbonyl (C=O) groups is 2. The third-order valence-corrected chi connectivity index (χ3v) is 13.0. The number of esters is 1. The number of carbonyl (C=O) groups excluding carboxylic acids is 2. The minimum absolute atomic E-state index is 0.0312. The van der Waals surface area contributed by atoms with Crippen molar-refractivity contribution in [3.63, 3.8) is 0 Å². The molecule has 3 N–H and O–H groups in total. The maximum atomic E-state index is 12.5. The van der Waals surface area contributed by atoms with Crippen LogP contribution in [0.4, 0.5) is 0 Å². The second-order valence-corrected chi connectivity index (χ2v) is 19.6. The van der Waals surface area contributed by atoms with E-state index in [0.29, 0.717) is 19.4 Å². The Morgan fingerprint density at radius 3 is 1.25 bits per heavy atom. The van der Waals surface area contributed by atoms with Crippen LogP contribution in [0.5, 0.6) is 0 Å². The van der Waals surface area contributed by atoms with Crippen LogP contribution in [0.3, 0.4) is 0 Å². The molecule has 0 aliphatic carbocycles. The molecule has 0 aliphatic rings. The largest absolute Gasteiger partial charge is 0.466 e. The summed E-state index contributed by atoms with van der Waals surface area (Å²) in [6.07, 6.45) is 72.4. The second kappa shape index (κ2) is 56.2. The molecule has 0 aromatic heterocycles. The highest BCUT2D eigenvalue weighted by Gasteiger charge is 2.18. The minimum atomic E-state index is -0.861. The van der Waals surface area contributed by atoms with Crippen molar-refractivity contribution in [2.75, 3.05) is 13.2 Å². The highest BCUT2D eigenvalue weighted by molar-refractivity contribution is 5.76. The molecule has 0 saturated carbocycles. The molecule has 0 heterocycles. The van der Waals surface area contributed by atoms with Crippen LogP contribution in [0.25, 0.3) is 0 Å². The lowest BCUT2D eigenvalue weighted by atomic mass is 10.0. The van der Waals surface area contributed by atoms with E-state index in [1.165, 1.54) is 180 Å². The van der Waals surface area contributed by atoms with Gasteiger partial charge in [0.2, 0.25) is 5.91 Å². The molecule has 67 heavy (non-hydrogen) atoms. The lowest BCUT2D eigenvalue weighted by Crippen LogP contribution is -2.45. The number of unbranched alkanes of at least 4 members (excludes halogenated alkanes) is 35. The summed E-state index contributed by atoms with van der Waals surface area (Å²) in [5.41, 5.74) is 0. The van der Waals surface area contributed by atoms with Gasteiger partial charge in [-0.1, -0.05) is 242 Å². The number of rotatable bonds is 53. The van der Waals surface area contributed by atoms with Crippen LogP contribution >= 0.6 is 0 Å². The SMILES string of the molecule is CCCCC/C=C\C/C=C\CCCCCCCCCC(=O)OCCCCC/C=C\C=C/CCCCCCCCC(=O)NC(CO)C(O)/C=C/CCCCCCCCCCCCCCCCCC. The van der Waals surface area contributed by atoms with Gasteiger partial charge in [0.05, 0.1) is 25.4 Å². The number of ether oxygens (including phenoxy) is 1. The number of nitrogens with one attached hydrogen (secondary N) is 1. The lowest BCUT2D eigenvalue weighted by Gasteiger charge is -2.20. The zero-order chi connectivity index (χ0) is 48.6. The highest BCUT2D eigenvalue weighted by Crippen LogP contribution is 2.16. The van der Waals surface area contributed by atoms with E-state index in [2.05, 4.69) is 67.8 Å². The fourth-order valence-corrected chi connectivity index (χ4v) is 8.54. The molecule has 2 atom stereocenters. The van der Waals surface area contributed by atoms with Crippen molar-refractivity contribution < 1.29 is 24.5 Å². The van der Waals surface area contributed by atoms with E-state index in [1.54, 1.807) is 6.08 Å². The van der Waals surface area contributed by atoms with E-state index >= 15 is 0 Å². The van der Waals surface area contributed by atoms with Gasteiger partial charge in [-0.05, 0) is 96.3 Å². The fraction of sp³-hybridized carbons (Fsp3) is 0.803. The van der Waals surface area contributed by atoms with Crippen molar-refractivity contribution in [3.05, 3.63) is 60.8 Å². The predicted octanol–water partition coefficient (Wildman–Crippen LogP) is 18.0. The van der Waals surface area contributed by atoms with Crippen LogP contribution in [-0.2, 0) is 14.3 Å². The third-order valence-electron chi connectivity index (χ3n) is 13.0. The average Bonchev–Trinajstić information content (AvgIpc) is 3.33. The number of allylic oxidation sites excluding steroid dienone is 9. The molecule has 1 amide bonds. The van der Waals surface area contributed by atoms with Crippen molar-refractivity contribution in [3.8, 4) is 0 Å². The first-order chi connectivity index (χ1) is 33.0. The minimum Gasteiger partial charge on any atom is -0.466 e. The molecule has 390 valence electrons. The van der Waals surface area contributed by atoms with Gasteiger partial charge in [0.25, 0.3) is 0 Å². The van der Waals surface area contributed by atoms with Crippen LogP contribution in [-0.4, -0.2) is 47.4 Å². The summed E-state index contributed by atoms with van der Waals surface area (Å²) in [5, 5.41) is 23.1. The molecule has 0 saturated heterocycles. The zero-order valence-corrected chi connectivity index (χ0v) is 44.4. The van der Waals surface area contributed by atoms with Gasteiger partial charge >= 0.3 is 5.97 Å². The molecular formula is C61H111NO5. The number of aliphatic hydroxyl groups is 2. The van der Waals surface area contributed by atoms with Crippen LogP contribution in [0.1, 0.15) is 290 Å². The summed E-state index contributed by atoms with van der Waals surface area (Å²) in [6, 6.07) is -0.647. The summed E-state index contributed by atoms with van der Waals surface area (Å²) in [7, 11) is 0. The Morgan fingerprint density at radius 2 is 0.791 bits per heavy atom. The van der Waals surface area contributed by atoms with Gasteiger partial charge in [-0.15, -0.1) is 0 Å². The molecule has 0 spiro atoms. The van der Waals surface area contributed by atoms with E-state index in [-0.39, 0.29) is 18.5 Å². The Bertz CT molecular complexity index is 1170. The Morgan fingerprint density at radius 1 is 0.433 bits per heavy atom. The van der Waals surface area contributed by atoms with E-state index in [9.17, 15) is 19.8 Å². The van der Waals surface area contributed by atoms with E-state index in [1.807, 2.05) is 6.08 Å². The topological polar surface area (TPSA) is 95.9 Å². The maximum Gasteiger partial charge on any atom is 0.305 e. The highest BCUT2D eigenvalue weighted by atomic mass is 16.5. The summed E-state index contributed by atoms with van der Waals surface area (Å²) < 4.78 is 5.45. The first-order valence-corrected chi connectivity index (χ1v) is 29.1. The van der Waals surface area contributed by atoms with Gasteiger partial charge in [0.15, 0.2) is 0 Å². The predicted molar refractivity (Wildman–Crippen MR) is 292 cm³/mol. The van der Waals surface area contributed by atoms with Crippen molar-refractivity contribution in [1.82, 2.24) is 5.32 Å². The molecule has 6 nitrogen and oxygen atoms in total. The lowest BCUT2D eigenvalue weighted by molar-refractivity contribution is -0.143. The average molecular weight is 939 g/mol. The molecule has 0 aliphatic heterocycles. The molecule has 0 aromatic carbocycles. The van der Waals surface area contributed by atoms with Gasteiger partial charge in [-0.2, -0.15) is 0 Å². The van der Waals surface area contributed by atoms with Gasteiger partial charge in [-0.3, -0.25) is 9.59 Å². The van der Waals surface area contributed by atoms with Gasteiger partial charge in [0, 0.05) is 12.8 Å². The molecule has 6 heteroatoms. The smallest absolute Gasteiger partial charge is 0.305 e. The normalized spacial score (nSPS) is 13.1. The first-order valence-electron chi connectivity index (χ1n) is 29.1. The summed E-state index contributed by atoms with van der Waals surface area (Å²) >= 11 is 0. The molecule has 0 bridgehead atoms. The summed E-state index contributed by atoms with van der Waals surface area (Å²) in [6.45, 7) is 4.82. The second-order valence-electron chi connectivity index (χ2n) is 19.6. The summed E-state index contributed by atoms with van der Waals surface area (Å²) in [5.74, 6) is -0.122. The zero-order valence-electron chi connectivity index (χ0n) is 44.4. The number of hydrogen-bond acceptors (Lipinski definition) is 5. The van der Waals surface area contributed by atoms with Crippen molar-refractivity contribution >= 4 is 11.9 Å². The Hall–Kier alpha value is -2.44. The van der Waals surface area contributed by atoms with Crippen LogP contribution in [0.2, 0.25) is 0 Å². The number of amides is 1. The fourth-order valence-electron chi connectivity index (χ4n) is 8.54. The molecule has 0 fully saturated rings. The molecule has 0 rings (SSSR count). The number of aliphatic hydroxyl groups excluding tert-OH is 2. The molecule has 0 aromatic rings. The van der Waals surface area contributed by atoms with Crippen LogP contribution in [0, 0.1) is 0 Å². The monoisotopic (exact) mass is 938 g/mol. The number of hydrogen-bond donors (Lipinski definition) is 3. The van der Waals surface area contributed by atoms with Crippen LogP contribution in [0.15, 0.2) is 60.8 Å². The van der Waals surface area contributed by atoms with Crippen molar-refractivity contribution in [2.24, 2.45) is 0 Å². The quantitative estimate of drug-likeness (QED) is 0.0244. The molecule has 2 unspecified atom stereocenters. The van der Waals surface area contributed by atoms with E-state index in [0.717, 1.165) is 83.5 Å². The Labute approximate surface area is 416 Å². The standard InChI is InChI=1S/C61H111NO5/c1-3-5-7-9-11-13-15-17-19-21-23-25-29-33-37-41-45-49-53-59(64)58(57-63)62-60(65)54-50-46-42-38-34-30-26-24-28-32-36-40-44-48-52-56-67-61(66)55-51-47-43-39-35-31-27-22-20-18-16-14-12-10-8-6-4-2/h12,14,18,20,24,28,32,36,49,53,58-59,63-64H,3-11,13,15-17,19,21-23,25-27,29-31,33-35,37-48,50-52,54-57H2,1-2H3,(H,62,65)/b14-12-,20-18-,28-24-,36-32-,53-49+. The summed E-state index contributed by atoms with van der Waals surface area (Å²) in [4.78, 5) is 24.5. The van der Waals surface area contributed by atoms with Gasteiger partial charge in [-0.25, -0.2) is 0 Å². The van der Waals surface area contributed by atoms with E-state index < -0.39 is 12.1 Å². The van der Waals surface area contributed by atoms with Gasteiger partial charge in [0.1, 0.15) is 0 Å². The first kappa shape index (κ1) is 64.6.